The number of nitrogens with one attached hydrogen (secondary N) is 1. The van der Waals surface area contributed by atoms with Gasteiger partial charge in [-0.3, -0.25) is 0 Å². The molecule has 1 unspecified atom stereocenters. The first-order chi connectivity index (χ1) is 5.31. The predicted octanol–water partition coefficient (Wildman–Crippen LogP) is 1.36. The van der Waals surface area contributed by atoms with Crippen molar-refractivity contribution in [2.45, 2.75) is 33.1 Å². The van der Waals surface area contributed by atoms with Gasteiger partial charge in [-0.1, -0.05) is 13.8 Å². The zero-order chi connectivity index (χ0) is 8.53. The van der Waals surface area contributed by atoms with E-state index < -0.39 is 0 Å². The first-order valence-electron chi connectivity index (χ1n) is 4.72. The highest BCUT2D eigenvalue weighted by Gasteiger charge is 1.98. The molecule has 3 N–H and O–H groups in total. The first-order valence-corrected chi connectivity index (χ1v) is 4.72. The Hall–Kier alpha value is -0.0800. The molecule has 2 nitrogen and oxygen atoms in total. The second kappa shape index (κ2) is 8.02. The Morgan fingerprint density at radius 1 is 1.36 bits per heavy atom. The van der Waals surface area contributed by atoms with Gasteiger partial charge in [-0.25, -0.2) is 0 Å². The molecular formula is C9H22N2. The van der Waals surface area contributed by atoms with Crippen LogP contribution in [0.15, 0.2) is 0 Å². The summed E-state index contributed by atoms with van der Waals surface area (Å²) in [6.07, 6.45) is 3.77. The largest absolute Gasteiger partial charge is 0.330 e. The van der Waals surface area contributed by atoms with Crippen LogP contribution in [0.1, 0.15) is 33.1 Å². The van der Waals surface area contributed by atoms with Crippen LogP contribution in [0.25, 0.3) is 0 Å². The van der Waals surface area contributed by atoms with Gasteiger partial charge in [0.05, 0.1) is 0 Å². The van der Waals surface area contributed by atoms with Gasteiger partial charge in [-0.05, 0) is 44.8 Å². The van der Waals surface area contributed by atoms with Gasteiger partial charge in [0.15, 0.2) is 0 Å². The predicted molar refractivity (Wildman–Crippen MR) is 50.6 cm³/mol. The lowest BCUT2D eigenvalue weighted by molar-refractivity contribution is 0.471. The van der Waals surface area contributed by atoms with Crippen LogP contribution >= 0.6 is 0 Å². The maximum absolute atomic E-state index is 5.44. The van der Waals surface area contributed by atoms with Crippen molar-refractivity contribution in [1.82, 2.24) is 5.32 Å². The van der Waals surface area contributed by atoms with Crippen molar-refractivity contribution < 1.29 is 0 Å². The number of nitrogens with two attached hydrogens (primary N) is 1. The quantitative estimate of drug-likeness (QED) is 0.549. The molecule has 0 spiro atoms. The SMILES string of the molecule is CCNCCCC(C)CCN. The van der Waals surface area contributed by atoms with Gasteiger partial charge in [0, 0.05) is 0 Å². The third-order valence-corrected chi connectivity index (χ3v) is 1.96. The molecule has 0 saturated carbocycles. The van der Waals surface area contributed by atoms with E-state index in [-0.39, 0.29) is 0 Å². The van der Waals surface area contributed by atoms with E-state index in [0.717, 1.165) is 25.6 Å². The summed E-state index contributed by atoms with van der Waals surface area (Å²) < 4.78 is 0. The normalized spacial score (nSPS) is 13.4. The van der Waals surface area contributed by atoms with Crippen LogP contribution in [0.2, 0.25) is 0 Å². The molecule has 0 fully saturated rings. The molecule has 0 amide bonds. The van der Waals surface area contributed by atoms with Crippen LogP contribution in [0, 0.1) is 5.92 Å². The fraction of sp³-hybridized carbons (Fsp3) is 1.00. The van der Waals surface area contributed by atoms with Crippen LogP contribution in [0.4, 0.5) is 0 Å². The van der Waals surface area contributed by atoms with Gasteiger partial charge in [-0.2, -0.15) is 0 Å². The van der Waals surface area contributed by atoms with Crippen LogP contribution in [-0.4, -0.2) is 19.6 Å². The molecule has 0 aromatic heterocycles. The summed E-state index contributed by atoms with van der Waals surface area (Å²) >= 11 is 0. The molecule has 0 saturated heterocycles. The van der Waals surface area contributed by atoms with Crippen LogP contribution < -0.4 is 11.1 Å². The van der Waals surface area contributed by atoms with Crippen molar-refractivity contribution in [2.24, 2.45) is 11.7 Å². The fourth-order valence-corrected chi connectivity index (χ4v) is 1.18. The zero-order valence-electron chi connectivity index (χ0n) is 7.90. The molecule has 0 aliphatic heterocycles. The van der Waals surface area contributed by atoms with Crippen LogP contribution in [0.3, 0.4) is 0 Å². The standard InChI is InChI=1S/C9H22N2/c1-3-11-8-4-5-9(2)6-7-10/h9,11H,3-8,10H2,1-2H3. The monoisotopic (exact) mass is 158 g/mol. The Bertz CT molecular complexity index is 74.0. The van der Waals surface area contributed by atoms with Crippen molar-refractivity contribution in [2.75, 3.05) is 19.6 Å². The van der Waals surface area contributed by atoms with Gasteiger partial charge in [0.1, 0.15) is 0 Å². The third-order valence-electron chi connectivity index (χ3n) is 1.96. The fourth-order valence-electron chi connectivity index (χ4n) is 1.18. The molecule has 0 rings (SSSR count). The smallest absolute Gasteiger partial charge is 0.00489 e. The van der Waals surface area contributed by atoms with Crippen molar-refractivity contribution >= 4 is 0 Å². The highest BCUT2D eigenvalue weighted by molar-refractivity contribution is 4.55. The molecular weight excluding hydrogens is 136 g/mol. The van der Waals surface area contributed by atoms with Crippen LogP contribution in [-0.2, 0) is 0 Å². The van der Waals surface area contributed by atoms with Gasteiger partial charge >= 0.3 is 0 Å². The molecule has 0 bridgehead atoms. The van der Waals surface area contributed by atoms with Crippen molar-refractivity contribution in [1.29, 1.82) is 0 Å². The zero-order valence-corrected chi connectivity index (χ0v) is 7.90. The average molecular weight is 158 g/mol. The molecule has 0 aliphatic carbocycles. The first kappa shape index (κ1) is 10.9. The number of hydrogen-bond acceptors (Lipinski definition) is 2. The Balaban J connectivity index is 2.97. The summed E-state index contributed by atoms with van der Waals surface area (Å²) in [5.41, 5.74) is 5.44. The average Bonchev–Trinajstić information content (AvgIpc) is 1.99. The summed E-state index contributed by atoms with van der Waals surface area (Å²) in [6.45, 7) is 7.50. The van der Waals surface area contributed by atoms with E-state index in [4.69, 9.17) is 5.73 Å². The summed E-state index contributed by atoms with van der Waals surface area (Å²) in [5, 5.41) is 3.31. The van der Waals surface area contributed by atoms with Crippen molar-refractivity contribution in [3.63, 3.8) is 0 Å². The Kier molecular flexibility index (Phi) is 7.96. The van der Waals surface area contributed by atoms with E-state index in [1.54, 1.807) is 0 Å². The van der Waals surface area contributed by atoms with Gasteiger partial charge in [0.2, 0.25) is 0 Å². The molecule has 0 heterocycles. The minimum absolute atomic E-state index is 0.804. The number of rotatable bonds is 7. The van der Waals surface area contributed by atoms with Gasteiger partial charge in [0.25, 0.3) is 0 Å². The second-order valence-corrected chi connectivity index (χ2v) is 3.18. The molecule has 0 radical (unpaired) electrons. The molecule has 11 heavy (non-hydrogen) atoms. The molecule has 68 valence electrons. The van der Waals surface area contributed by atoms with E-state index >= 15 is 0 Å². The van der Waals surface area contributed by atoms with E-state index in [0.29, 0.717) is 0 Å². The maximum Gasteiger partial charge on any atom is -0.00489 e. The molecule has 0 aromatic rings. The summed E-state index contributed by atoms with van der Waals surface area (Å²) in [7, 11) is 0. The molecule has 1 atom stereocenters. The molecule has 0 aliphatic rings. The van der Waals surface area contributed by atoms with Gasteiger partial charge in [-0.15, -0.1) is 0 Å². The van der Waals surface area contributed by atoms with E-state index in [2.05, 4.69) is 19.2 Å². The third kappa shape index (κ3) is 7.82. The highest BCUT2D eigenvalue weighted by Crippen LogP contribution is 2.07. The minimum atomic E-state index is 0.804. The lowest BCUT2D eigenvalue weighted by Crippen LogP contribution is -2.15. The highest BCUT2D eigenvalue weighted by atomic mass is 14.8. The number of hydrogen-bond donors (Lipinski definition) is 2. The maximum atomic E-state index is 5.44. The topological polar surface area (TPSA) is 38.0 Å². The lowest BCUT2D eigenvalue weighted by Gasteiger charge is -2.08. The Morgan fingerprint density at radius 2 is 2.09 bits per heavy atom. The van der Waals surface area contributed by atoms with Crippen molar-refractivity contribution in [3.8, 4) is 0 Å². The summed E-state index contributed by atoms with van der Waals surface area (Å²) in [4.78, 5) is 0. The Labute approximate surface area is 70.5 Å². The van der Waals surface area contributed by atoms with Crippen LogP contribution in [0.5, 0.6) is 0 Å². The Morgan fingerprint density at radius 3 is 2.64 bits per heavy atom. The molecule has 2 heteroatoms. The minimum Gasteiger partial charge on any atom is -0.330 e. The summed E-state index contributed by atoms with van der Waals surface area (Å²) in [5.74, 6) is 0.804. The lowest BCUT2D eigenvalue weighted by atomic mass is 10.0. The second-order valence-electron chi connectivity index (χ2n) is 3.18. The van der Waals surface area contributed by atoms with E-state index in [1.807, 2.05) is 0 Å². The van der Waals surface area contributed by atoms with Crippen molar-refractivity contribution in [3.05, 3.63) is 0 Å². The van der Waals surface area contributed by atoms with Gasteiger partial charge < -0.3 is 11.1 Å². The summed E-state index contributed by atoms with van der Waals surface area (Å²) in [6, 6.07) is 0. The van der Waals surface area contributed by atoms with E-state index in [1.165, 1.54) is 19.3 Å². The van der Waals surface area contributed by atoms with E-state index in [9.17, 15) is 0 Å². The molecule has 0 aromatic carbocycles.